The number of hydrogen-bond acceptors (Lipinski definition) is 4. The molecule has 0 amide bonds. The summed E-state index contributed by atoms with van der Waals surface area (Å²) in [7, 11) is 0. The molecular formula is C24H22F2N4O3. The molecule has 0 spiro atoms. The molecule has 1 saturated carbocycles. The Morgan fingerprint density at radius 1 is 1.21 bits per heavy atom. The van der Waals surface area contributed by atoms with Gasteiger partial charge in [-0.25, -0.2) is 13.8 Å². The number of aryl methyl sites for hydroxylation is 2. The normalized spacial score (nSPS) is 17.8. The Hall–Kier alpha value is -3.75. The van der Waals surface area contributed by atoms with Crippen molar-refractivity contribution in [1.29, 1.82) is 0 Å². The van der Waals surface area contributed by atoms with Crippen LogP contribution < -0.4 is 4.74 Å². The Kier molecular flexibility index (Phi) is 5.11. The highest BCUT2D eigenvalue weighted by Crippen LogP contribution is 2.39. The fourth-order valence-corrected chi connectivity index (χ4v) is 4.36. The van der Waals surface area contributed by atoms with Gasteiger partial charge in [-0.15, -0.1) is 0 Å². The van der Waals surface area contributed by atoms with E-state index in [0.717, 1.165) is 28.9 Å². The van der Waals surface area contributed by atoms with Crippen molar-refractivity contribution < 1.29 is 23.4 Å². The van der Waals surface area contributed by atoms with Crippen molar-refractivity contribution in [2.45, 2.75) is 39.3 Å². The number of benzene rings is 1. The Morgan fingerprint density at radius 3 is 2.64 bits per heavy atom. The fourth-order valence-electron chi connectivity index (χ4n) is 4.36. The quantitative estimate of drug-likeness (QED) is 0.458. The lowest BCUT2D eigenvalue weighted by Gasteiger charge is -2.33. The SMILES string of the molecule is Cc1cc(OCc2c(F)cccc2F)c2nc(C)c(-c3cnn(C4CCC4C(=O)O)c3)n2c1. The predicted molar refractivity (Wildman–Crippen MR) is 116 cm³/mol. The first-order valence-corrected chi connectivity index (χ1v) is 10.7. The van der Waals surface area contributed by atoms with E-state index in [-0.39, 0.29) is 18.2 Å². The number of carbonyl (C=O) groups is 1. The zero-order valence-electron chi connectivity index (χ0n) is 18.1. The van der Waals surface area contributed by atoms with Crippen LogP contribution in [0.4, 0.5) is 8.78 Å². The smallest absolute Gasteiger partial charge is 0.308 e. The maximum atomic E-state index is 14.0. The Morgan fingerprint density at radius 2 is 1.97 bits per heavy atom. The van der Waals surface area contributed by atoms with Crippen molar-refractivity contribution in [2.24, 2.45) is 5.92 Å². The van der Waals surface area contributed by atoms with Gasteiger partial charge in [0.15, 0.2) is 11.4 Å². The number of aliphatic carboxylic acids is 1. The summed E-state index contributed by atoms with van der Waals surface area (Å²) in [5, 5.41) is 13.8. The van der Waals surface area contributed by atoms with Gasteiger partial charge in [0.05, 0.1) is 35.1 Å². The molecule has 170 valence electrons. The summed E-state index contributed by atoms with van der Waals surface area (Å²) in [6.07, 6.45) is 6.86. The Balaban J connectivity index is 1.50. The van der Waals surface area contributed by atoms with Gasteiger partial charge in [0.25, 0.3) is 0 Å². The fraction of sp³-hybridized carbons (Fsp3) is 0.292. The summed E-state index contributed by atoms with van der Waals surface area (Å²) in [6.45, 7) is 3.48. The standard InChI is InChI=1S/C24H22F2N4O3/c1-13-8-21(33-12-17-18(25)4-3-5-19(17)26)23-28-14(2)22(29(23)10-13)15-9-27-30(11-15)20-7-6-16(20)24(31)32/h3-5,8-11,16,20H,6-7,12H2,1-2H3,(H,31,32). The molecule has 5 rings (SSSR count). The van der Waals surface area contributed by atoms with Gasteiger partial charge < -0.3 is 9.84 Å². The maximum absolute atomic E-state index is 14.0. The van der Waals surface area contributed by atoms with Crippen LogP contribution in [-0.4, -0.2) is 30.2 Å². The number of carboxylic acid groups (broad SMARTS) is 1. The number of carboxylic acids is 1. The van der Waals surface area contributed by atoms with E-state index in [2.05, 4.69) is 10.1 Å². The molecule has 1 fully saturated rings. The molecule has 33 heavy (non-hydrogen) atoms. The predicted octanol–water partition coefficient (Wildman–Crippen LogP) is 4.71. The van der Waals surface area contributed by atoms with Gasteiger partial charge >= 0.3 is 5.97 Å². The van der Waals surface area contributed by atoms with Crippen molar-refractivity contribution in [3.63, 3.8) is 0 Å². The minimum atomic E-state index is -0.807. The van der Waals surface area contributed by atoms with Crippen LogP contribution in [0, 0.1) is 31.4 Å². The number of halogens is 2. The Labute approximate surface area is 188 Å². The third kappa shape index (κ3) is 3.63. The van der Waals surface area contributed by atoms with Crippen LogP contribution in [0.15, 0.2) is 42.9 Å². The van der Waals surface area contributed by atoms with Crippen molar-refractivity contribution in [2.75, 3.05) is 0 Å². The number of rotatable bonds is 6. The lowest BCUT2D eigenvalue weighted by Crippen LogP contribution is -2.35. The van der Waals surface area contributed by atoms with Gasteiger partial charge in [0.2, 0.25) is 0 Å². The Bertz CT molecular complexity index is 1360. The van der Waals surface area contributed by atoms with Crippen LogP contribution in [0.1, 0.15) is 35.7 Å². The largest absolute Gasteiger partial charge is 0.485 e. The van der Waals surface area contributed by atoms with Crippen molar-refractivity contribution in [1.82, 2.24) is 19.2 Å². The molecule has 0 bridgehead atoms. The highest BCUT2D eigenvalue weighted by atomic mass is 19.1. The topological polar surface area (TPSA) is 81.7 Å². The van der Waals surface area contributed by atoms with E-state index < -0.39 is 23.5 Å². The lowest BCUT2D eigenvalue weighted by molar-refractivity contribution is -0.147. The summed E-state index contributed by atoms with van der Waals surface area (Å²) in [5.41, 5.74) is 3.58. The molecule has 7 nitrogen and oxygen atoms in total. The zero-order chi connectivity index (χ0) is 23.3. The molecule has 1 aliphatic rings. The number of pyridine rings is 1. The average molecular weight is 452 g/mol. The van der Waals surface area contributed by atoms with Gasteiger partial charge in [0, 0.05) is 18.0 Å². The first kappa shape index (κ1) is 21.1. The number of aromatic nitrogens is 4. The molecule has 3 heterocycles. The third-order valence-corrected chi connectivity index (χ3v) is 6.20. The van der Waals surface area contributed by atoms with Crippen molar-refractivity contribution in [3.8, 4) is 17.0 Å². The maximum Gasteiger partial charge on any atom is 0.308 e. The summed E-state index contributed by atoms with van der Waals surface area (Å²) < 4.78 is 37.5. The molecular weight excluding hydrogens is 430 g/mol. The molecule has 1 aliphatic carbocycles. The molecule has 0 saturated heterocycles. The van der Waals surface area contributed by atoms with Gasteiger partial charge in [-0.3, -0.25) is 13.9 Å². The molecule has 3 aromatic heterocycles. The molecule has 1 aromatic carbocycles. The van der Waals surface area contributed by atoms with E-state index in [4.69, 9.17) is 4.74 Å². The second-order valence-electron chi connectivity index (χ2n) is 8.41. The van der Waals surface area contributed by atoms with Gasteiger partial charge in [-0.1, -0.05) is 6.07 Å². The summed E-state index contributed by atoms with van der Waals surface area (Å²) in [4.78, 5) is 16.0. The molecule has 1 N–H and O–H groups in total. The molecule has 0 radical (unpaired) electrons. The molecule has 0 aliphatic heterocycles. The number of hydrogen-bond donors (Lipinski definition) is 1. The minimum Gasteiger partial charge on any atom is -0.485 e. The molecule has 2 unspecified atom stereocenters. The molecule has 9 heteroatoms. The van der Waals surface area contributed by atoms with Crippen molar-refractivity contribution >= 4 is 11.6 Å². The van der Waals surface area contributed by atoms with Gasteiger partial charge in [-0.05, 0) is 50.5 Å². The van der Waals surface area contributed by atoms with Crippen LogP contribution in [0.2, 0.25) is 0 Å². The summed E-state index contributed by atoms with van der Waals surface area (Å²) in [5.74, 6) is -2.16. The monoisotopic (exact) mass is 452 g/mol. The molecule has 2 atom stereocenters. The lowest BCUT2D eigenvalue weighted by atomic mass is 9.80. The second-order valence-corrected chi connectivity index (χ2v) is 8.41. The number of imidazole rings is 1. The first-order chi connectivity index (χ1) is 15.8. The van der Waals surface area contributed by atoms with Gasteiger partial charge in [0.1, 0.15) is 18.2 Å². The third-order valence-electron chi connectivity index (χ3n) is 6.20. The number of nitrogens with zero attached hydrogens (tertiary/aromatic N) is 4. The minimum absolute atomic E-state index is 0.143. The summed E-state index contributed by atoms with van der Waals surface area (Å²) in [6, 6.07) is 5.32. The van der Waals surface area contributed by atoms with E-state index in [0.29, 0.717) is 17.8 Å². The van der Waals surface area contributed by atoms with E-state index in [9.17, 15) is 18.7 Å². The van der Waals surface area contributed by atoms with Crippen LogP contribution in [-0.2, 0) is 11.4 Å². The first-order valence-electron chi connectivity index (χ1n) is 10.7. The highest BCUT2D eigenvalue weighted by molar-refractivity contribution is 5.72. The van der Waals surface area contributed by atoms with Crippen LogP contribution >= 0.6 is 0 Å². The van der Waals surface area contributed by atoms with Crippen LogP contribution in [0.3, 0.4) is 0 Å². The number of ether oxygens (including phenoxy) is 1. The van der Waals surface area contributed by atoms with Crippen LogP contribution in [0.25, 0.3) is 16.9 Å². The zero-order valence-corrected chi connectivity index (χ0v) is 18.1. The van der Waals surface area contributed by atoms with Crippen molar-refractivity contribution in [3.05, 3.63) is 71.3 Å². The second kappa shape index (κ2) is 7.99. The average Bonchev–Trinajstić information content (AvgIpc) is 3.29. The van der Waals surface area contributed by atoms with E-state index in [1.807, 2.05) is 30.6 Å². The van der Waals surface area contributed by atoms with Gasteiger partial charge in [-0.2, -0.15) is 5.10 Å². The highest BCUT2D eigenvalue weighted by Gasteiger charge is 2.38. The van der Waals surface area contributed by atoms with E-state index in [1.165, 1.54) is 18.2 Å². The van der Waals surface area contributed by atoms with E-state index in [1.54, 1.807) is 16.9 Å². The van der Waals surface area contributed by atoms with Crippen LogP contribution in [0.5, 0.6) is 5.75 Å². The molecule has 4 aromatic rings. The van der Waals surface area contributed by atoms with E-state index >= 15 is 0 Å². The number of fused-ring (bicyclic) bond motifs is 1. The summed E-state index contributed by atoms with van der Waals surface area (Å²) >= 11 is 0.